The molecule has 0 unspecified atom stereocenters. The minimum atomic E-state index is -3.39. The molecule has 164 valence electrons. The van der Waals surface area contributed by atoms with Gasteiger partial charge in [0, 0.05) is 17.4 Å². The normalized spacial score (nSPS) is 11.8. The first-order valence-electron chi connectivity index (χ1n) is 10.0. The lowest BCUT2D eigenvalue weighted by molar-refractivity contribution is 0.146. The molecular weight excluding hydrogens is 430 g/mol. The average molecular weight is 453 g/mol. The van der Waals surface area contributed by atoms with Crippen molar-refractivity contribution in [2.24, 2.45) is 0 Å². The summed E-state index contributed by atoms with van der Waals surface area (Å²) in [7, 11) is -3.39. The van der Waals surface area contributed by atoms with Gasteiger partial charge in [-0.2, -0.15) is 5.10 Å². The molecule has 0 aliphatic carbocycles. The zero-order chi connectivity index (χ0) is 23.0. The summed E-state index contributed by atoms with van der Waals surface area (Å²) in [5.41, 5.74) is 4.37. The maximum atomic E-state index is 14.1. The zero-order valence-electron chi connectivity index (χ0n) is 17.9. The molecule has 0 bridgehead atoms. The number of halogens is 2. The van der Waals surface area contributed by atoms with Gasteiger partial charge >= 0.3 is 0 Å². The standard InChI is InChI=1S/C25H22F2N2O2S/c1-16-4-8-18(9-5-16)22-23(25(26)27)28-29(20-12-6-17(2)7-13-20)24(22)19-10-14-21(15-11-19)32(3,30)31/h4-15,25H,1-3H3. The highest BCUT2D eigenvalue weighted by Gasteiger charge is 2.27. The SMILES string of the molecule is Cc1ccc(-c2c(C(F)F)nn(-c3ccc(C)cc3)c2-c2ccc(S(C)(=O)=O)cc2)cc1. The lowest BCUT2D eigenvalue weighted by atomic mass is 9.97. The molecule has 0 aliphatic rings. The van der Waals surface area contributed by atoms with Crippen molar-refractivity contribution in [3.8, 4) is 28.1 Å². The summed E-state index contributed by atoms with van der Waals surface area (Å²) in [6.45, 7) is 3.87. The van der Waals surface area contributed by atoms with Gasteiger partial charge in [0.1, 0.15) is 5.69 Å². The van der Waals surface area contributed by atoms with E-state index in [4.69, 9.17) is 0 Å². The van der Waals surface area contributed by atoms with Gasteiger partial charge in [0.2, 0.25) is 0 Å². The molecule has 0 N–H and O–H groups in total. The predicted molar refractivity (Wildman–Crippen MR) is 122 cm³/mol. The van der Waals surface area contributed by atoms with Crippen molar-refractivity contribution in [1.82, 2.24) is 9.78 Å². The van der Waals surface area contributed by atoms with Crippen LogP contribution in [0.25, 0.3) is 28.1 Å². The highest BCUT2D eigenvalue weighted by Crippen LogP contribution is 2.40. The van der Waals surface area contributed by atoms with Gasteiger partial charge in [-0.3, -0.25) is 0 Å². The Labute approximate surface area is 186 Å². The fourth-order valence-corrected chi connectivity index (χ4v) is 4.22. The van der Waals surface area contributed by atoms with E-state index >= 15 is 0 Å². The molecule has 0 radical (unpaired) electrons. The molecule has 32 heavy (non-hydrogen) atoms. The van der Waals surface area contributed by atoms with E-state index in [1.807, 2.05) is 50.2 Å². The zero-order valence-corrected chi connectivity index (χ0v) is 18.7. The number of sulfone groups is 1. The van der Waals surface area contributed by atoms with Gasteiger partial charge in [0.05, 0.1) is 16.3 Å². The van der Waals surface area contributed by atoms with E-state index in [2.05, 4.69) is 5.10 Å². The second kappa shape index (κ2) is 8.31. The molecule has 3 aromatic carbocycles. The van der Waals surface area contributed by atoms with Crippen LogP contribution in [0.2, 0.25) is 0 Å². The van der Waals surface area contributed by atoms with Crippen LogP contribution < -0.4 is 0 Å². The lowest BCUT2D eigenvalue weighted by Crippen LogP contribution is -2.01. The first-order chi connectivity index (χ1) is 15.1. The average Bonchev–Trinajstić information content (AvgIpc) is 3.15. The van der Waals surface area contributed by atoms with Crippen LogP contribution in [0.3, 0.4) is 0 Å². The highest BCUT2D eigenvalue weighted by molar-refractivity contribution is 7.90. The second-order valence-corrected chi connectivity index (χ2v) is 9.84. The fraction of sp³-hybridized carbons (Fsp3) is 0.160. The van der Waals surface area contributed by atoms with Gasteiger partial charge in [-0.1, -0.05) is 59.7 Å². The summed E-state index contributed by atoms with van der Waals surface area (Å²) in [5.74, 6) is 0. The first kappa shape index (κ1) is 21.9. The maximum absolute atomic E-state index is 14.1. The van der Waals surface area contributed by atoms with Crippen molar-refractivity contribution >= 4 is 9.84 Å². The van der Waals surface area contributed by atoms with Crippen LogP contribution in [-0.4, -0.2) is 24.5 Å². The topological polar surface area (TPSA) is 52.0 Å². The van der Waals surface area contributed by atoms with Gasteiger partial charge < -0.3 is 0 Å². The second-order valence-electron chi connectivity index (χ2n) is 7.82. The Morgan fingerprint density at radius 1 is 0.781 bits per heavy atom. The Kier molecular flexibility index (Phi) is 5.69. The molecule has 4 aromatic rings. The van der Waals surface area contributed by atoms with Crippen LogP contribution in [0.5, 0.6) is 0 Å². The van der Waals surface area contributed by atoms with E-state index < -0.39 is 16.3 Å². The van der Waals surface area contributed by atoms with Crippen molar-refractivity contribution in [2.45, 2.75) is 25.2 Å². The quantitative estimate of drug-likeness (QED) is 0.364. The van der Waals surface area contributed by atoms with Gasteiger partial charge in [0.15, 0.2) is 9.84 Å². The third-order valence-electron chi connectivity index (χ3n) is 5.29. The molecule has 0 fully saturated rings. The lowest BCUT2D eigenvalue weighted by Gasteiger charge is -2.12. The molecule has 0 aliphatic heterocycles. The number of nitrogens with zero attached hydrogens (tertiary/aromatic N) is 2. The summed E-state index contributed by atoms with van der Waals surface area (Å²) in [5, 5.41) is 4.30. The van der Waals surface area contributed by atoms with E-state index in [1.54, 1.807) is 24.3 Å². The Bertz CT molecular complexity index is 1360. The van der Waals surface area contributed by atoms with E-state index in [0.717, 1.165) is 17.4 Å². The molecular formula is C25H22F2N2O2S. The van der Waals surface area contributed by atoms with Gasteiger partial charge in [-0.25, -0.2) is 21.9 Å². The Balaban J connectivity index is 2.04. The summed E-state index contributed by atoms with van der Waals surface area (Å²) < 4.78 is 53.6. The van der Waals surface area contributed by atoms with E-state index in [-0.39, 0.29) is 10.6 Å². The Morgan fingerprint density at radius 2 is 1.28 bits per heavy atom. The molecule has 0 amide bonds. The largest absolute Gasteiger partial charge is 0.282 e. The van der Waals surface area contributed by atoms with Crippen LogP contribution in [0.1, 0.15) is 23.2 Å². The molecule has 1 heterocycles. The maximum Gasteiger partial charge on any atom is 0.282 e. The van der Waals surface area contributed by atoms with Crippen LogP contribution >= 0.6 is 0 Å². The molecule has 0 saturated carbocycles. The van der Waals surface area contributed by atoms with Crippen LogP contribution in [0.15, 0.2) is 77.7 Å². The number of hydrogen-bond donors (Lipinski definition) is 0. The summed E-state index contributed by atoms with van der Waals surface area (Å²) in [6.07, 6.45) is -1.65. The third-order valence-corrected chi connectivity index (χ3v) is 6.42. The van der Waals surface area contributed by atoms with Crippen molar-refractivity contribution in [1.29, 1.82) is 0 Å². The number of aromatic nitrogens is 2. The Hall–Kier alpha value is -3.32. The number of alkyl halides is 2. The Morgan fingerprint density at radius 3 is 1.78 bits per heavy atom. The van der Waals surface area contributed by atoms with Gasteiger partial charge in [-0.05, 0) is 43.7 Å². The smallest absolute Gasteiger partial charge is 0.232 e. The molecule has 7 heteroatoms. The first-order valence-corrected chi connectivity index (χ1v) is 11.9. The van der Waals surface area contributed by atoms with Crippen LogP contribution in [0.4, 0.5) is 8.78 Å². The molecule has 4 nitrogen and oxygen atoms in total. The third kappa shape index (κ3) is 4.21. The molecule has 0 spiro atoms. The number of benzene rings is 3. The highest BCUT2D eigenvalue weighted by atomic mass is 32.2. The predicted octanol–water partition coefficient (Wildman–Crippen LogP) is 6.16. The molecule has 1 aromatic heterocycles. The summed E-state index contributed by atoms with van der Waals surface area (Å²) in [4.78, 5) is 0.161. The van der Waals surface area contributed by atoms with Gasteiger partial charge in [0.25, 0.3) is 6.43 Å². The van der Waals surface area contributed by atoms with E-state index in [1.165, 1.54) is 16.8 Å². The van der Waals surface area contributed by atoms with E-state index in [0.29, 0.717) is 28.1 Å². The monoisotopic (exact) mass is 452 g/mol. The molecule has 0 atom stereocenters. The minimum absolute atomic E-state index is 0.161. The van der Waals surface area contributed by atoms with Crippen molar-refractivity contribution in [3.63, 3.8) is 0 Å². The number of hydrogen-bond acceptors (Lipinski definition) is 3. The molecule has 4 rings (SSSR count). The minimum Gasteiger partial charge on any atom is -0.232 e. The van der Waals surface area contributed by atoms with Crippen molar-refractivity contribution < 1.29 is 17.2 Å². The fourth-order valence-electron chi connectivity index (χ4n) is 3.59. The summed E-state index contributed by atoms with van der Waals surface area (Å²) in [6, 6.07) is 21.0. The van der Waals surface area contributed by atoms with Crippen molar-refractivity contribution in [2.75, 3.05) is 6.26 Å². The number of rotatable bonds is 5. The number of aryl methyl sites for hydroxylation is 2. The van der Waals surface area contributed by atoms with Crippen molar-refractivity contribution in [3.05, 3.63) is 89.6 Å². The van der Waals surface area contributed by atoms with Crippen LogP contribution in [0, 0.1) is 13.8 Å². The molecule has 0 saturated heterocycles. The van der Waals surface area contributed by atoms with Gasteiger partial charge in [-0.15, -0.1) is 0 Å². The van der Waals surface area contributed by atoms with Crippen LogP contribution in [-0.2, 0) is 9.84 Å². The summed E-state index contributed by atoms with van der Waals surface area (Å²) >= 11 is 0. The van der Waals surface area contributed by atoms with E-state index in [9.17, 15) is 17.2 Å².